The molecule has 0 fully saturated rings. The van der Waals surface area contributed by atoms with Gasteiger partial charge in [0.1, 0.15) is 12.4 Å². The maximum Gasteiger partial charge on any atom is 0.161 e. The van der Waals surface area contributed by atoms with Crippen molar-refractivity contribution in [3.63, 3.8) is 0 Å². The number of hydrogen-bond acceptors (Lipinski definition) is 3. The largest absolute Gasteiger partial charge is 0.496 e. The molecule has 4 heteroatoms. The Morgan fingerprint density at radius 3 is 2.48 bits per heavy atom. The Morgan fingerprint density at radius 2 is 1.76 bits per heavy atom. The lowest BCUT2D eigenvalue weighted by atomic mass is 10.2. The molecule has 0 N–H and O–H groups in total. The summed E-state index contributed by atoms with van der Waals surface area (Å²) in [6, 6.07) is 13.8. The van der Waals surface area contributed by atoms with Gasteiger partial charge in [-0.2, -0.15) is 0 Å². The number of rotatable bonds is 7. The first-order valence-corrected chi connectivity index (χ1v) is 7.97. The number of hydrogen-bond donors (Lipinski definition) is 0. The fourth-order valence-electron chi connectivity index (χ4n) is 2.00. The first kappa shape index (κ1) is 15.7. The molecule has 0 unspecified atom stereocenters. The van der Waals surface area contributed by atoms with E-state index in [0.717, 1.165) is 33.7 Å². The van der Waals surface area contributed by atoms with Crippen LogP contribution in [0.3, 0.4) is 0 Å². The van der Waals surface area contributed by atoms with Crippen LogP contribution in [0, 0.1) is 0 Å². The van der Waals surface area contributed by atoms with Crippen molar-refractivity contribution in [2.24, 2.45) is 0 Å². The van der Waals surface area contributed by atoms with Crippen LogP contribution in [0.4, 0.5) is 0 Å². The third kappa shape index (κ3) is 4.14. The molecule has 0 aliphatic rings. The number of halogens is 1. The third-order valence-electron chi connectivity index (χ3n) is 3.04. The molecule has 0 heterocycles. The second kappa shape index (κ2) is 7.93. The predicted molar refractivity (Wildman–Crippen MR) is 87.6 cm³/mol. The van der Waals surface area contributed by atoms with E-state index in [2.05, 4.69) is 15.9 Å². The molecule has 0 spiro atoms. The normalized spacial score (nSPS) is 10.2. The fourth-order valence-corrected chi connectivity index (χ4v) is 2.35. The topological polar surface area (TPSA) is 27.7 Å². The van der Waals surface area contributed by atoms with Crippen LogP contribution in [0.1, 0.15) is 18.1 Å². The van der Waals surface area contributed by atoms with Gasteiger partial charge in [-0.15, -0.1) is 0 Å². The molecule has 0 saturated carbocycles. The molecule has 21 heavy (non-hydrogen) atoms. The molecule has 2 aromatic carbocycles. The van der Waals surface area contributed by atoms with Crippen molar-refractivity contribution < 1.29 is 14.2 Å². The lowest BCUT2D eigenvalue weighted by Gasteiger charge is -2.14. The number of methoxy groups -OCH3 is 1. The van der Waals surface area contributed by atoms with E-state index in [1.165, 1.54) is 0 Å². The van der Waals surface area contributed by atoms with Crippen molar-refractivity contribution in [1.29, 1.82) is 0 Å². The van der Waals surface area contributed by atoms with Crippen LogP contribution >= 0.6 is 15.9 Å². The molecule has 0 amide bonds. The highest BCUT2D eigenvalue weighted by Crippen LogP contribution is 2.30. The van der Waals surface area contributed by atoms with Crippen molar-refractivity contribution in [3.05, 3.63) is 53.6 Å². The molecule has 0 aromatic heterocycles. The Balaban J connectivity index is 2.15. The average Bonchev–Trinajstić information content (AvgIpc) is 2.54. The van der Waals surface area contributed by atoms with Gasteiger partial charge in [0.15, 0.2) is 11.5 Å². The minimum Gasteiger partial charge on any atom is -0.496 e. The lowest BCUT2D eigenvalue weighted by Crippen LogP contribution is -2.01. The molecule has 0 bridgehead atoms. The van der Waals surface area contributed by atoms with Crippen molar-refractivity contribution >= 4 is 15.9 Å². The van der Waals surface area contributed by atoms with E-state index >= 15 is 0 Å². The van der Waals surface area contributed by atoms with Crippen LogP contribution < -0.4 is 14.2 Å². The molecule has 0 atom stereocenters. The standard InChI is InChI=1S/C17H19BrO3/c1-3-20-17-10-13(11-18)8-9-16(17)21-12-14-6-4-5-7-15(14)19-2/h4-10H,3,11-12H2,1-2H3. The summed E-state index contributed by atoms with van der Waals surface area (Å²) in [6.07, 6.45) is 0. The zero-order valence-electron chi connectivity index (χ0n) is 12.3. The Labute approximate surface area is 134 Å². The van der Waals surface area contributed by atoms with E-state index in [1.54, 1.807) is 7.11 Å². The number of para-hydroxylation sites is 1. The highest BCUT2D eigenvalue weighted by atomic mass is 79.9. The summed E-state index contributed by atoms with van der Waals surface area (Å²) < 4.78 is 16.9. The number of ether oxygens (including phenoxy) is 3. The second-order valence-corrected chi connectivity index (χ2v) is 5.01. The van der Waals surface area contributed by atoms with Gasteiger partial charge >= 0.3 is 0 Å². The number of benzene rings is 2. The third-order valence-corrected chi connectivity index (χ3v) is 3.69. The Morgan fingerprint density at radius 1 is 0.952 bits per heavy atom. The molecule has 112 valence electrons. The lowest BCUT2D eigenvalue weighted by molar-refractivity contribution is 0.265. The molecule has 2 aromatic rings. The van der Waals surface area contributed by atoms with Crippen molar-refractivity contribution in [2.75, 3.05) is 13.7 Å². The van der Waals surface area contributed by atoms with Gasteiger partial charge in [-0.1, -0.05) is 40.2 Å². The van der Waals surface area contributed by atoms with Gasteiger partial charge in [-0.25, -0.2) is 0 Å². The summed E-state index contributed by atoms with van der Waals surface area (Å²) in [5.74, 6) is 2.34. The summed E-state index contributed by atoms with van der Waals surface area (Å²) in [5.41, 5.74) is 2.16. The van der Waals surface area contributed by atoms with Crippen LogP contribution in [0.15, 0.2) is 42.5 Å². The minimum atomic E-state index is 0.442. The van der Waals surface area contributed by atoms with Crippen molar-refractivity contribution in [3.8, 4) is 17.2 Å². The Kier molecular flexibility index (Phi) is 5.93. The maximum absolute atomic E-state index is 5.90. The molecular weight excluding hydrogens is 332 g/mol. The molecule has 0 radical (unpaired) electrons. The van der Waals surface area contributed by atoms with E-state index in [-0.39, 0.29) is 0 Å². The minimum absolute atomic E-state index is 0.442. The number of alkyl halides is 1. The molecule has 3 nitrogen and oxygen atoms in total. The van der Waals surface area contributed by atoms with Crippen LogP contribution in [0.5, 0.6) is 17.2 Å². The monoisotopic (exact) mass is 350 g/mol. The summed E-state index contributed by atoms with van der Waals surface area (Å²) >= 11 is 3.45. The van der Waals surface area contributed by atoms with Gasteiger partial charge in [0.25, 0.3) is 0 Å². The smallest absolute Gasteiger partial charge is 0.161 e. The van der Waals surface area contributed by atoms with Gasteiger partial charge in [-0.05, 0) is 30.7 Å². The zero-order chi connectivity index (χ0) is 15.1. The maximum atomic E-state index is 5.90. The zero-order valence-corrected chi connectivity index (χ0v) is 13.9. The van der Waals surface area contributed by atoms with Gasteiger partial charge in [0.2, 0.25) is 0 Å². The van der Waals surface area contributed by atoms with E-state index < -0.39 is 0 Å². The summed E-state index contributed by atoms with van der Waals surface area (Å²) in [4.78, 5) is 0. The summed E-state index contributed by atoms with van der Waals surface area (Å²) in [7, 11) is 1.66. The summed E-state index contributed by atoms with van der Waals surface area (Å²) in [5, 5.41) is 0.792. The van der Waals surface area contributed by atoms with Crippen molar-refractivity contribution in [1.82, 2.24) is 0 Å². The van der Waals surface area contributed by atoms with Crippen molar-refractivity contribution in [2.45, 2.75) is 18.9 Å². The van der Waals surface area contributed by atoms with Gasteiger partial charge in [-0.3, -0.25) is 0 Å². The molecule has 2 rings (SSSR count). The first-order chi connectivity index (χ1) is 10.3. The second-order valence-electron chi connectivity index (χ2n) is 4.45. The SMILES string of the molecule is CCOc1cc(CBr)ccc1OCc1ccccc1OC. The predicted octanol–water partition coefficient (Wildman–Crippen LogP) is 4.57. The van der Waals surface area contributed by atoms with Gasteiger partial charge < -0.3 is 14.2 Å². The molecule has 0 aliphatic heterocycles. The van der Waals surface area contributed by atoms with E-state index in [0.29, 0.717) is 13.2 Å². The van der Waals surface area contributed by atoms with Gasteiger partial charge in [0.05, 0.1) is 13.7 Å². The van der Waals surface area contributed by atoms with E-state index in [4.69, 9.17) is 14.2 Å². The summed E-state index contributed by atoms with van der Waals surface area (Å²) in [6.45, 7) is 3.01. The van der Waals surface area contributed by atoms with Gasteiger partial charge in [0, 0.05) is 10.9 Å². The first-order valence-electron chi connectivity index (χ1n) is 6.84. The molecule has 0 aliphatic carbocycles. The molecule has 0 saturated heterocycles. The fraction of sp³-hybridized carbons (Fsp3) is 0.294. The Bertz CT molecular complexity index is 584. The van der Waals surface area contributed by atoms with Crippen LogP contribution in [0.2, 0.25) is 0 Å². The molecular formula is C17H19BrO3. The van der Waals surface area contributed by atoms with Crippen LogP contribution in [-0.2, 0) is 11.9 Å². The van der Waals surface area contributed by atoms with Crippen LogP contribution in [0.25, 0.3) is 0 Å². The Hall–Kier alpha value is -1.68. The average molecular weight is 351 g/mol. The van der Waals surface area contributed by atoms with Crippen LogP contribution in [-0.4, -0.2) is 13.7 Å². The highest BCUT2D eigenvalue weighted by molar-refractivity contribution is 9.08. The highest BCUT2D eigenvalue weighted by Gasteiger charge is 2.08. The quantitative estimate of drug-likeness (QED) is 0.684. The van der Waals surface area contributed by atoms with E-state index in [9.17, 15) is 0 Å². The van der Waals surface area contributed by atoms with E-state index in [1.807, 2.05) is 49.4 Å².